The molecular weight excluding hydrogens is 481 g/mol. The number of hydrogen-bond donors (Lipinski definition) is 0. The molecule has 38 heavy (non-hydrogen) atoms. The molecule has 0 radical (unpaired) electrons. The largest absolute Gasteiger partial charge is 0.486 e. The lowest BCUT2D eigenvalue weighted by Gasteiger charge is -2.34. The Labute approximate surface area is 226 Å². The van der Waals surface area contributed by atoms with Gasteiger partial charge in [-0.1, -0.05) is 58.9 Å². The van der Waals surface area contributed by atoms with E-state index >= 15 is 0 Å². The summed E-state index contributed by atoms with van der Waals surface area (Å²) in [6.07, 6.45) is 1.67. The number of ether oxygens (including phenoxy) is 2. The summed E-state index contributed by atoms with van der Waals surface area (Å²) in [5.74, 6) is 0.0145. The lowest BCUT2D eigenvalue weighted by Crippen LogP contribution is -2.30. The lowest BCUT2D eigenvalue weighted by molar-refractivity contribution is -0.128. The molecule has 0 unspecified atom stereocenters. The Morgan fingerprint density at radius 2 is 1.58 bits per heavy atom. The molecule has 0 N–H and O–H groups in total. The molecule has 1 heterocycles. The van der Waals surface area contributed by atoms with Crippen molar-refractivity contribution in [3.05, 3.63) is 88.5 Å². The van der Waals surface area contributed by atoms with Crippen LogP contribution in [-0.4, -0.2) is 22.9 Å². The molecule has 3 rings (SSSR count). The van der Waals surface area contributed by atoms with Crippen LogP contribution in [0, 0.1) is 18.2 Å². The van der Waals surface area contributed by atoms with Crippen LogP contribution in [0.5, 0.6) is 5.75 Å². The number of aromatic nitrogens is 1. The molecule has 2 aromatic carbocycles. The Morgan fingerprint density at radius 1 is 0.921 bits per heavy atom. The Bertz CT molecular complexity index is 1260. The number of nitrogens with zero attached hydrogens (tertiary/aromatic N) is 1. The highest BCUT2D eigenvalue weighted by molar-refractivity contribution is 5.88. The quantitative estimate of drug-likeness (QED) is 0.247. The molecule has 1 aromatic heterocycles. The Balaban J connectivity index is 1.89. The zero-order valence-electron chi connectivity index (χ0n) is 23.7. The molecule has 0 aliphatic heterocycles. The maximum Gasteiger partial charge on any atom is 0.355 e. The third-order valence-electron chi connectivity index (χ3n) is 7.41. The second kappa shape index (κ2) is 12.0. The monoisotopic (exact) mass is 521 g/mol. The summed E-state index contributed by atoms with van der Waals surface area (Å²) in [5.41, 5.74) is 3.60. The van der Waals surface area contributed by atoms with E-state index in [1.54, 1.807) is 12.1 Å². The van der Waals surface area contributed by atoms with E-state index < -0.39 is 11.4 Å². The molecule has 0 fully saturated rings. The van der Waals surface area contributed by atoms with Crippen molar-refractivity contribution in [2.45, 2.75) is 79.9 Å². The van der Waals surface area contributed by atoms with E-state index in [0.717, 1.165) is 35.2 Å². The van der Waals surface area contributed by atoms with E-state index in [4.69, 9.17) is 9.47 Å². The maximum atomic E-state index is 13.2. The molecule has 0 saturated heterocycles. The SMILES string of the molecule is CCn1c(C(=O)OCc2ccc(F)cc2)ccc1C(CC)(CC)c1ccc(OCC(=O)C(C)(C)C)c(C)c1. The zero-order chi connectivity index (χ0) is 28.1. The first-order chi connectivity index (χ1) is 18.0. The summed E-state index contributed by atoms with van der Waals surface area (Å²) in [6, 6.07) is 15.9. The van der Waals surface area contributed by atoms with Crippen LogP contribution >= 0.6 is 0 Å². The minimum Gasteiger partial charge on any atom is -0.486 e. The summed E-state index contributed by atoms with van der Waals surface area (Å²) in [5, 5.41) is 0. The number of rotatable bonds is 11. The van der Waals surface area contributed by atoms with Gasteiger partial charge in [0.15, 0.2) is 5.78 Å². The normalized spacial score (nSPS) is 11.9. The number of Topliss-reactive ketones (excluding diaryl/α,β-unsaturated/α-hetero) is 1. The summed E-state index contributed by atoms with van der Waals surface area (Å²) in [6.45, 7) is 14.7. The van der Waals surface area contributed by atoms with Gasteiger partial charge in [0.05, 0.1) is 0 Å². The first-order valence-corrected chi connectivity index (χ1v) is 13.4. The van der Waals surface area contributed by atoms with E-state index in [1.165, 1.54) is 12.1 Å². The first kappa shape index (κ1) is 29.2. The molecule has 3 aromatic rings. The molecule has 0 atom stereocenters. The number of ketones is 1. The highest BCUT2D eigenvalue weighted by atomic mass is 19.1. The summed E-state index contributed by atoms with van der Waals surface area (Å²) in [4.78, 5) is 25.4. The zero-order valence-corrected chi connectivity index (χ0v) is 23.7. The number of halogens is 1. The van der Waals surface area contributed by atoms with E-state index in [1.807, 2.05) is 57.4 Å². The van der Waals surface area contributed by atoms with Gasteiger partial charge in [0, 0.05) is 23.1 Å². The van der Waals surface area contributed by atoms with E-state index in [0.29, 0.717) is 18.0 Å². The third kappa shape index (κ3) is 6.17. The van der Waals surface area contributed by atoms with E-state index in [-0.39, 0.29) is 30.2 Å². The molecule has 0 bridgehead atoms. The molecule has 0 saturated carbocycles. The van der Waals surface area contributed by atoms with Crippen LogP contribution in [0.2, 0.25) is 0 Å². The second-order valence-corrected chi connectivity index (χ2v) is 10.8. The van der Waals surface area contributed by atoms with Crippen LogP contribution in [0.4, 0.5) is 4.39 Å². The van der Waals surface area contributed by atoms with Crippen molar-refractivity contribution in [3.63, 3.8) is 0 Å². The van der Waals surface area contributed by atoms with Crippen molar-refractivity contribution < 1.29 is 23.5 Å². The molecular formula is C32H40FNO4. The predicted octanol–water partition coefficient (Wildman–Crippen LogP) is 7.41. The molecule has 0 aliphatic rings. The molecule has 204 valence electrons. The minimum absolute atomic E-state index is 0.0401. The highest BCUT2D eigenvalue weighted by Gasteiger charge is 2.35. The van der Waals surface area contributed by atoms with Crippen LogP contribution in [0.3, 0.4) is 0 Å². The maximum absolute atomic E-state index is 13.2. The number of benzene rings is 2. The van der Waals surface area contributed by atoms with Crippen LogP contribution in [0.15, 0.2) is 54.6 Å². The van der Waals surface area contributed by atoms with Crippen LogP contribution in [0.25, 0.3) is 0 Å². The standard InChI is InChI=1S/C32H40FNO4/c1-8-32(9-2,24-13-17-27(22(4)19-24)37-21-29(35)31(5,6)7)28-18-16-26(34(28)10-3)30(36)38-20-23-11-14-25(33)15-12-23/h11-19H,8-10,20-21H2,1-7H3. The Kier molecular flexibility index (Phi) is 9.18. The van der Waals surface area contributed by atoms with Crippen LogP contribution in [0.1, 0.15) is 87.3 Å². The van der Waals surface area contributed by atoms with Gasteiger partial charge in [-0.15, -0.1) is 0 Å². The van der Waals surface area contributed by atoms with E-state index in [2.05, 4.69) is 26.0 Å². The van der Waals surface area contributed by atoms with Gasteiger partial charge in [0.1, 0.15) is 30.5 Å². The molecule has 0 amide bonds. The molecule has 0 spiro atoms. The van der Waals surface area contributed by atoms with Crippen molar-refractivity contribution in [1.82, 2.24) is 4.57 Å². The predicted molar refractivity (Wildman–Crippen MR) is 148 cm³/mol. The minimum atomic E-state index is -0.448. The highest BCUT2D eigenvalue weighted by Crippen LogP contribution is 2.41. The van der Waals surface area contributed by atoms with Gasteiger partial charge in [-0.25, -0.2) is 9.18 Å². The lowest BCUT2D eigenvalue weighted by atomic mass is 9.72. The summed E-state index contributed by atoms with van der Waals surface area (Å²) in [7, 11) is 0. The number of carbonyl (C=O) groups is 2. The second-order valence-electron chi connectivity index (χ2n) is 10.8. The number of aryl methyl sites for hydroxylation is 1. The average Bonchev–Trinajstić information content (AvgIpc) is 3.32. The molecule has 5 nitrogen and oxygen atoms in total. The van der Waals surface area contributed by atoms with Crippen LogP contribution < -0.4 is 4.74 Å². The van der Waals surface area contributed by atoms with Gasteiger partial charge in [0.2, 0.25) is 0 Å². The fourth-order valence-corrected chi connectivity index (χ4v) is 4.85. The van der Waals surface area contributed by atoms with Gasteiger partial charge in [-0.3, -0.25) is 4.79 Å². The van der Waals surface area contributed by atoms with Gasteiger partial charge < -0.3 is 14.0 Å². The van der Waals surface area contributed by atoms with Crippen molar-refractivity contribution in [2.24, 2.45) is 5.41 Å². The Hall–Kier alpha value is -3.41. The number of carbonyl (C=O) groups excluding carboxylic acids is 2. The van der Waals surface area contributed by atoms with Gasteiger partial charge in [0.25, 0.3) is 0 Å². The Morgan fingerprint density at radius 3 is 2.13 bits per heavy atom. The summed E-state index contributed by atoms with van der Waals surface area (Å²) < 4.78 is 26.7. The molecule has 0 aliphatic carbocycles. The first-order valence-electron chi connectivity index (χ1n) is 13.4. The number of esters is 1. The van der Waals surface area contributed by atoms with Gasteiger partial charge >= 0.3 is 5.97 Å². The number of hydrogen-bond acceptors (Lipinski definition) is 4. The molecule has 6 heteroatoms. The summed E-state index contributed by atoms with van der Waals surface area (Å²) >= 11 is 0. The van der Waals surface area contributed by atoms with Crippen molar-refractivity contribution >= 4 is 11.8 Å². The van der Waals surface area contributed by atoms with Gasteiger partial charge in [-0.05, 0) is 73.7 Å². The average molecular weight is 522 g/mol. The third-order valence-corrected chi connectivity index (χ3v) is 7.41. The fourth-order valence-electron chi connectivity index (χ4n) is 4.85. The van der Waals surface area contributed by atoms with Gasteiger partial charge in [-0.2, -0.15) is 0 Å². The van der Waals surface area contributed by atoms with E-state index in [9.17, 15) is 14.0 Å². The fraction of sp³-hybridized carbons (Fsp3) is 0.438. The van der Waals surface area contributed by atoms with Crippen molar-refractivity contribution in [1.29, 1.82) is 0 Å². The van der Waals surface area contributed by atoms with Crippen molar-refractivity contribution in [2.75, 3.05) is 6.61 Å². The smallest absolute Gasteiger partial charge is 0.355 e. The topological polar surface area (TPSA) is 57.5 Å². The van der Waals surface area contributed by atoms with Crippen LogP contribution in [-0.2, 0) is 28.1 Å². The van der Waals surface area contributed by atoms with Crippen molar-refractivity contribution in [3.8, 4) is 5.75 Å².